The summed E-state index contributed by atoms with van der Waals surface area (Å²) in [6.07, 6.45) is 9.20. The van der Waals surface area contributed by atoms with Crippen molar-refractivity contribution in [3.8, 4) is 0 Å². The van der Waals surface area contributed by atoms with E-state index < -0.39 is 0 Å². The van der Waals surface area contributed by atoms with Gasteiger partial charge in [0, 0.05) is 36.1 Å². The highest BCUT2D eigenvalue weighted by Crippen LogP contribution is 2.23. The van der Waals surface area contributed by atoms with Gasteiger partial charge in [-0.05, 0) is 39.7 Å². The molecule has 0 aliphatic carbocycles. The Bertz CT molecular complexity index is 574. The molecule has 1 saturated heterocycles. The summed E-state index contributed by atoms with van der Waals surface area (Å²) in [6, 6.07) is 0.685. The van der Waals surface area contributed by atoms with Crippen LogP contribution in [-0.4, -0.2) is 32.0 Å². The molecule has 0 radical (unpaired) electrons. The third-order valence-electron chi connectivity index (χ3n) is 4.38. The monoisotopic (exact) mass is 304 g/mol. The van der Waals surface area contributed by atoms with Crippen LogP contribution in [0.5, 0.6) is 0 Å². The summed E-state index contributed by atoms with van der Waals surface area (Å²) in [7, 11) is 0. The smallest absolute Gasteiger partial charge is 0.107 e. The molecule has 0 aromatic carbocycles. The minimum atomic E-state index is 0.685. The molecule has 1 atom stereocenters. The highest BCUT2D eigenvalue weighted by molar-refractivity contribution is 7.09. The van der Waals surface area contributed by atoms with E-state index in [1.165, 1.54) is 37.2 Å². The molecular formula is C16H24N4S. The lowest BCUT2D eigenvalue weighted by atomic mass is 9.99. The first-order chi connectivity index (χ1) is 10.2. The van der Waals surface area contributed by atoms with Crippen LogP contribution in [0.2, 0.25) is 0 Å². The van der Waals surface area contributed by atoms with Gasteiger partial charge < -0.3 is 4.57 Å². The summed E-state index contributed by atoms with van der Waals surface area (Å²) >= 11 is 1.80. The van der Waals surface area contributed by atoms with E-state index >= 15 is 0 Å². The highest BCUT2D eigenvalue weighted by atomic mass is 32.1. The lowest BCUT2D eigenvalue weighted by molar-refractivity contribution is 0.128. The molecule has 4 nitrogen and oxygen atoms in total. The fraction of sp³-hybridized carbons (Fsp3) is 0.625. The summed E-state index contributed by atoms with van der Waals surface area (Å²) in [5.74, 6) is 1.12. The third kappa shape index (κ3) is 3.71. The molecule has 0 N–H and O–H groups in total. The molecule has 3 rings (SSSR count). The van der Waals surface area contributed by atoms with Gasteiger partial charge in [-0.3, -0.25) is 4.90 Å². The Labute approximate surface area is 130 Å². The fourth-order valence-electron chi connectivity index (χ4n) is 3.17. The summed E-state index contributed by atoms with van der Waals surface area (Å²) in [5, 5.41) is 3.42. The van der Waals surface area contributed by atoms with Crippen LogP contribution >= 0.6 is 11.3 Å². The van der Waals surface area contributed by atoms with E-state index in [1.54, 1.807) is 11.3 Å². The summed E-state index contributed by atoms with van der Waals surface area (Å²) in [6.45, 7) is 7.47. The van der Waals surface area contributed by atoms with Gasteiger partial charge in [-0.25, -0.2) is 9.97 Å². The standard InChI is InChI=1S/C16H24N4S/c1-13-12-21-16(18-13)11-20-8-4-3-5-15(20)6-9-19-10-7-17-14(19)2/h7,10,12,15H,3-6,8-9,11H2,1-2H3/t15-/m0/s1. The van der Waals surface area contributed by atoms with Gasteiger partial charge in [0.25, 0.3) is 0 Å². The van der Waals surface area contributed by atoms with Crippen molar-refractivity contribution in [1.29, 1.82) is 0 Å². The van der Waals surface area contributed by atoms with Crippen LogP contribution in [0.25, 0.3) is 0 Å². The molecule has 0 spiro atoms. The molecule has 1 aliphatic rings. The van der Waals surface area contributed by atoms with Crippen LogP contribution in [0, 0.1) is 13.8 Å². The number of nitrogens with zero attached hydrogens (tertiary/aromatic N) is 4. The first kappa shape index (κ1) is 14.7. The lowest BCUT2D eigenvalue weighted by Crippen LogP contribution is -2.39. The van der Waals surface area contributed by atoms with Crippen molar-refractivity contribution in [2.24, 2.45) is 0 Å². The Morgan fingerprint density at radius 3 is 2.95 bits per heavy atom. The summed E-state index contributed by atoms with van der Waals surface area (Å²) < 4.78 is 2.26. The predicted molar refractivity (Wildman–Crippen MR) is 86.5 cm³/mol. The van der Waals surface area contributed by atoms with Gasteiger partial charge in [0.15, 0.2) is 0 Å². The van der Waals surface area contributed by atoms with Crippen molar-refractivity contribution in [2.75, 3.05) is 6.54 Å². The molecule has 1 fully saturated rings. The van der Waals surface area contributed by atoms with E-state index in [0.717, 1.165) is 24.6 Å². The van der Waals surface area contributed by atoms with Gasteiger partial charge in [-0.1, -0.05) is 6.42 Å². The fourth-order valence-corrected chi connectivity index (χ4v) is 3.97. The highest BCUT2D eigenvalue weighted by Gasteiger charge is 2.23. The van der Waals surface area contributed by atoms with E-state index in [-0.39, 0.29) is 0 Å². The number of thiazole rings is 1. The van der Waals surface area contributed by atoms with Crippen molar-refractivity contribution in [3.05, 3.63) is 34.3 Å². The Morgan fingerprint density at radius 1 is 1.33 bits per heavy atom. The van der Waals surface area contributed by atoms with Gasteiger partial charge in [-0.2, -0.15) is 0 Å². The number of imidazole rings is 1. The van der Waals surface area contributed by atoms with E-state index in [4.69, 9.17) is 0 Å². The largest absolute Gasteiger partial charge is 0.335 e. The van der Waals surface area contributed by atoms with E-state index in [2.05, 4.69) is 44.9 Å². The van der Waals surface area contributed by atoms with E-state index in [9.17, 15) is 0 Å². The second-order valence-corrected chi connectivity index (χ2v) is 6.90. The molecule has 5 heteroatoms. The van der Waals surface area contributed by atoms with Gasteiger partial charge in [0.2, 0.25) is 0 Å². The van der Waals surface area contributed by atoms with Crippen molar-refractivity contribution in [3.63, 3.8) is 0 Å². The SMILES string of the molecule is Cc1csc(CN2CCCC[C@H]2CCn2ccnc2C)n1. The van der Waals surface area contributed by atoms with Gasteiger partial charge in [0.05, 0.1) is 6.54 Å². The number of rotatable bonds is 5. The minimum Gasteiger partial charge on any atom is -0.335 e. The lowest BCUT2D eigenvalue weighted by Gasteiger charge is -2.35. The Morgan fingerprint density at radius 2 is 2.24 bits per heavy atom. The van der Waals surface area contributed by atoms with Crippen molar-refractivity contribution >= 4 is 11.3 Å². The molecule has 0 bridgehead atoms. The number of aromatic nitrogens is 3. The second-order valence-electron chi connectivity index (χ2n) is 5.96. The Balaban J connectivity index is 1.60. The normalized spacial score (nSPS) is 20.0. The van der Waals surface area contributed by atoms with Crippen LogP contribution in [0.4, 0.5) is 0 Å². The van der Waals surface area contributed by atoms with Crippen LogP contribution < -0.4 is 0 Å². The second kappa shape index (κ2) is 6.71. The molecule has 0 saturated carbocycles. The van der Waals surface area contributed by atoms with Crippen molar-refractivity contribution in [2.45, 2.75) is 58.7 Å². The topological polar surface area (TPSA) is 34.0 Å². The zero-order valence-electron chi connectivity index (χ0n) is 13.0. The van der Waals surface area contributed by atoms with Crippen LogP contribution in [0.3, 0.4) is 0 Å². The minimum absolute atomic E-state index is 0.685. The summed E-state index contributed by atoms with van der Waals surface area (Å²) in [4.78, 5) is 11.6. The molecule has 1 aliphatic heterocycles. The number of piperidine rings is 1. The Hall–Kier alpha value is -1.20. The first-order valence-electron chi connectivity index (χ1n) is 7.85. The van der Waals surface area contributed by atoms with E-state index in [1.807, 2.05) is 6.20 Å². The molecule has 2 aromatic heterocycles. The molecule has 21 heavy (non-hydrogen) atoms. The van der Waals surface area contributed by atoms with E-state index in [0.29, 0.717) is 6.04 Å². The third-order valence-corrected chi connectivity index (χ3v) is 5.33. The predicted octanol–water partition coefficient (Wildman–Crippen LogP) is 3.40. The van der Waals surface area contributed by atoms with Gasteiger partial charge in [-0.15, -0.1) is 11.3 Å². The number of likely N-dealkylation sites (tertiary alicyclic amines) is 1. The molecule has 0 amide bonds. The average molecular weight is 304 g/mol. The maximum atomic E-state index is 4.63. The zero-order chi connectivity index (χ0) is 14.7. The quantitative estimate of drug-likeness (QED) is 0.849. The first-order valence-corrected chi connectivity index (χ1v) is 8.73. The molecular weight excluding hydrogens is 280 g/mol. The molecule has 2 aromatic rings. The Kier molecular flexibility index (Phi) is 4.70. The molecule has 0 unspecified atom stereocenters. The average Bonchev–Trinajstić information content (AvgIpc) is 3.07. The van der Waals surface area contributed by atoms with Crippen molar-refractivity contribution in [1.82, 2.24) is 19.4 Å². The molecule has 3 heterocycles. The number of aryl methyl sites for hydroxylation is 3. The van der Waals surface area contributed by atoms with Gasteiger partial charge >= 0.3 is 0 Å². The van der Waals surface area contributed by atoms with Crippen molar-refractivity contribution < 1.29 is 0 Å². The maximum absolute atomic E-state index is 4.63. The zero-order valence-corrected chi connectivity index (χ0v) is 13.8. The van der Waals surface area contributed by atoms with Crippen LogP contribution in [0.15, 0.2) is 17.8 Å². The van der Waals surface area contributed by atoms with Crippen LogP contribution in [-0.2, 0) is 13.1 Å². The number of hydrogen-bond acceptors (Lipinski definition) is 4. The van der Waals surface area contributed by atoms with Crippen LogP contribution in [0.1, 0.15) is 42.2 Å². The van der Waals surface area contributed by atoms with Gasteiger partial charge in [0.1, 0.15) is 10.8 Å². The maximum Gasteiger partial charge on any atom is 0.107 e. The molecule has 114 valence electrons. The summed E-state index contributed by atoms with van der Waals surface area (Å²) in [5.41, 5.74) is 1.15. The number of hydrogen-bond donors (Lipinski definition) is 0.